The van der Waals surface area contributed by atoms with E-state index in [0.29, 0.717) is 5.41 Å². The van der Waals surface area contributed by atoms with Gasteiger partial charge in [0.2, 0.25) is 0 Å². The Balaban J connectivity index is 2.29. The fourth-order valence-corrected chi connectivity index (χ4v) is 2.42. The Morgan fingerprint density at radius 3 is 2.15 bits per heavy atom. The van der Waals surface area contributed by atoms with Crippen LogP contribution in [0.4, 0.5) is 0 Å². The van der Waals surface area contributed by atoms with E-state index in [2.05, 4.69) is 19.1 Å². The molecule has 1 aromatic rings. The molecule has 0 radical (unpaired) electrons. The van der Waals surface area contributed by atoms with Crippen LogP contribution in [0.3, 0.4) is 0 Å². The first-order valence-corrected chi connectivity index (χ1v) is 5.35. The Hall–Kier alpha value is -0.490. The molecule has 1 aliphatic rings. The normalized spacial score (nSPS) is 20.5. The molecule has 0 aromatic heterocycles. The van der Waals surface area contributed by atoms with Crippen LogP contribution in [0.25, 0.3) is 0 Å². The molecular formula is C12H15Cl. The fraction of sp³-hybridized carbons (Fsp3) is 0.500. The van der Waals surface area contributed by atoms with Crippen molar-refractivity contribution in [3.63, 3.8) is 0 Å². The van der Waals surface area contributed by atoms with Crippen LogP contribution in [0, 0.1) is 0 Å². The summed E-state index contributed by atoms with van der Waals surface area (Å²) in [5.41, 5.74) is 1.87. The van der Waals surface area contributed by atoms with Crippen LogP contribution in [-0.2, 0) is 5.41 Å². The maximum absolute atomic E-state index is 5.86. The van der Waals surface area contributed by atoms with E-state index < -0.39 is 0 Å². The summed E-state index contributed by atoms with van der Waals surface area (Å²) >= 11 is 5.86. The predicted molar refractivity (Wildman–Crippen MR) is 57.3 cm³/mol. The summed E-state index contributed by atoms with van der Waals surface area (Å²) in [6.45, 7) is 2.36. The van der Waals surface area contributed by atoms with Crippen molar-refractivity contribution >= 4 is 11.6 Å². The number of halogens is 1. The Morgan fingerprint density at radius 2 is 1.62 bits per heavy atom. The van der Waals surface area contributed by atoms with Gasteiger partial charge in [0.15, 0.2) is 0 Å². The van der Waals surface area contributed by atoms with E-state index >= 15 is 0 Å². The van der Waals surface area contributed by atoms with E-state index in [0.717, 1.165) is 5.02 Å². The number of rotatable bonds is 1. The summed E-state index contributed by atoms with van der Waals surface area (Å²) in [7, 11) is 0. The molecule has 0 unspecified atom stereocenters. The zero-order valence-corrected chi connectivity index (χ0v) is 8.77. The molecule has 0 amide bonds. The van der Waals surface area contributed by atoms with Gasteiger partial charge in [-0.3, -0.25) is 0 Å². The molecule has 1 saturated carbocycles. The Labute approximate surface area is 84.9 Å². The Kier molecular flexibility index (Phi) is 2.33. The van der Waals surface area contributed by atoms with Crippen molar-refractivity contribution in [1.82, 2.24) is 0 Å². The quantitative estimate of drug-likeness (QED) is 0.630. The lowest BCUT2D eigenvalue weighted by Crippen LogP contribution is -2.16. The first kappa shape index (κ1) is 9.08. The second-order valence-electron chi connectivity index (χ2n) is 4.27. The van der Waals surface area contributed by atoms with Crippen LogP contribution in [0.5, 0.6) is 0 Å². The lowest BCUT2D eigenvalue weighted by molar-refractivity contribution is 0.491. The van der Waals surface area contributed by atoms with Crippen molar-refractivity contribution < 1.29 is 0 Å². The molecule has 0 nitrogen and oxygen atoms in total. The lowest BCUT2D eigenvalue weighted by atomic mass is 9.81. The van der Waals surface area contributed by atoms with E-state index in [1.807, 2.05) is 12.1 Å². The molecule has 0 aliphatic heterocycles. The highest BCUT2D eigenvalue weighted by Gasteiger charge is 2.29. The van der Waals surface area contributed by atoms with E-state index in [1.165, 1.54) is 31.2 Å². The predicted octanol–water partition coefficient (Wildman–Crippen LogP) is 4.17. The summed E-state index contributed by atoms with van der Waals surface area (Å²) in [6.07, 6.45) is 5.40. The van der Waals surface area contributed by atoms with Gasteiger partial charge < -0.3 is 0 Å². The van der Waals surface area contributed by atoms with Crippen LogP contribution in [0.15, 0.2) is 24.3 Å². The van der Waals surface area contributed by atoms with Gasteiger partial charge in [0.05, 0.1) is 0 Å². The first-order valence-electron chi connectivity index (χ1n) is 4.97. The SMILES string of the molecule is CC1(c2ccc(Cl)cc2)CCCC1. The highest BCUT2D eigenvalue weighted by Crippen LogP contribution is 2.40. The smallest absolute Gasteiger partial charge is 0.0406 e. The molecule has 0 N–H and O–H groups in total. The number of benzene rings is 1. The largest absolute Gasteiger partial charge is 0.0843 e. The molecule has 70 valence electrons. The number of hydrogen-bond donors (Lipinski definition) is 0. The van der Waals surface area contributed by atoms with E-state index in [9.17, 15) is 0 Å². The van der Waals surface area contributed by atoms with Crippen molar-refractivity contribution in [1.29, 1.82) is 0 Å². The van der Waals surface area contributed by atoms with Gasteiger partial charge in [-0.25, -0.2) is 0 Å². The van der Waals surface area contributed by atoms with E-state index in [-0.39, 0.29) is 0 Å². The maximum Gasteiger partial charge on any atom is 0.0406 e. The van der Waals surface area contributed by atoms with Gasteiger partial charge in [-0.1, -0.05) is 43.5 Å². The van der Waals surface area contributed by atoms with Crippen molar-refractivity contribution in [3.8, 4) is 0 Å². The fourth-order valence-electron chi connectivity index (χ4n) is 2.30. The molecule has 0 atom stereocenters. The monoisotopic (exact) mass is 194 g/mol. The van der Waals surface area contributed by atoms with Crippen molar-refractivity contribution in [2.75, 3.05) is 0 Å². The third-order valence-electron chi connectivity index (χ3n) is 3.25. The molecule has 1 heteroatoms. The van der Waals surface area contributed by atoms with Gasteiger partial charge in [0, 0.05) is 5.02 Å². The van der Waals surface area contributed by atoms with Crippen LogP contribution in [0.2, 0.25) is 5.02 Å². The Bertz CT molecular complexity index is 280. The highest BCUT2D eigenvalue weighted by atomic mass is 35.5. The second-order valence-corrected chi connectivity index (χ2v) is 4.71. The van der Waals surface area contributed by atoms with Crippen molar-refractivity contribution in [2.24, 2.45) is 0 Å². The van der Waals surface area contributed by atoms with E-state index in [4.69, 9.17) is 11.6 Å². The number of hydrogen-bond acceptors (Lipinski definition) is 0. The van der Waals surface area contributed by atoms with Gasteiger partial charge >= 0.3 is 0 Å². The average molecular weight is 195 g/mol. The molecule has 0 bridgehead atoms. The summed E-state index contributed by atoms with van der Waals surface area (Å²) in [6, 6.07) is 8.35. The summed E-state index contributed by atoms with van der Waals surface area (Å²) in [4.78, 5) is 0. The van der Waals surface area contributed by atoms with Gasteiger partial charge in [-0.05, 0) is 36.0 Å². The zero-order valence-electron chi connectivity index (χ0n) is 8.02. The highest BCUT2D eigenvalue weighted by molar-refractivity contribution is 6.30. The third kappa shape index (κ3) is 1.73. The van der Waals surface area contributed by atoms with Gasteiger partial charge in [-0.2, -0.15) is 0 Å². The minimum Gasteiger partial charge on any atom is -0.0843 e. The first-order chi connectivity index (χ1) is 6.21. The molecular weight excluding hydrogens is 180 g/mol. The van der Waals surface area contributed by atoms with Crippen LogP contribution < -0.4 is 0 Å². The standard InChI is InChI=1S/C12H15Cl/c1-12(8-2-3-9-12)10-4-6-11(13)7-5-10/h4-7H,2-3,8-9H2,1H3. The van der Waals surface area contributed by atoms with Crippen molar-refractivity contribution in [3.05, 3.63) is 34.9 Å². The lowest BCUT2D eigenvalue weighted by Gasteiger charge is -2.23. The summed E-state index contributed by atoms with van der Waals surface area (Å²) in [5, 5.41) is 0.838. The average Bonchev–Trinajstić information content (AvgIpc) is 2.54. The van der Waals surface area contributed by atoms with Gasteiger partial charge in [0.1, 0.15) is 0 Å². The topological polar surface area (TPSA) is 0 Å². The van der Waals surface area contributed by atoms with Crippen molar-refractivity contribution in [2.45, 2.75) is 38.0 Å². The third-order valence-corrected chi connectivity index (χ3v) is 3.50. The van der Waals surface area contributed by atoms with Gasteiger partial charge in [-0.15, -0.1) is 0 Å². The molecule has 1 fully saturated rings. The molecule has 1 aliphatic carbocycles. The molecule has 2 rings (SSSR count). The molecule has 0 spiro atoms. The molecule has 1 aromatic carbocycles. The summed E-state index contributed by atoms with van der Waals surface area (Å²) < 4.78 is 0. The van der Waals surface area contributed by atoms with E-state index in [1.54, 1.807) is 0 Å². The minimum absolute atomic E-state index is 0.421. The zero-order chi connectivity index (χ0) is 9.31. The van der Waals surface area contributed by atoms with Crippen LogP contribution in [0.1, 0.15) is 38.2 Å². The molecule has 13 heavy (non-hydrogen) atoms. The van der Waals surface area contributed by atoms with Crippen LogP contribution >= 0.6 is 11.6 Å². The Morgan fingerprint density at radius 1 is 1.08 bits per heavy atom. The second kappa shape index (κ2) is 3.34. The maximum atomic E-state index is 5.86. The van der Waals surface area contributed by atoms with Gasteiger partial charge in [0.25, 0.3) is 0 Å². The molecule has 0 heterocycles. The van der Waals surface area contributed by atoms with Crippen LogP contribution in [-0.4, -0.2) is 0 Å². The molecule has 0 saturated heterocycles. The minimum atomic E-state index is 0.421. The summed E-state index contributed by atoms with van der Waals surface area (Å²) in [5.74, 6) is 0.